The van der Waals surface area contributed by atoms with E-state index < -0.39 is 126 Å². The van der Waals surface area contributed by atoms with Gasteiger partial charge in [0.2, 0.25) is 59.1 Å². The number of guanidine groups is 3. The van der Waals surface area contributed by atoms with E-state index in [0.29, 0.717) is 37.7 Å². The Hall–Kier alpha value is -9.13. The number of hydrogen-bond donors (Lipinski definition) is 14. The summed E-state index contributed by atoms with van der Waals surface area (Å²) in [7, 11) is 0. The van der Waals surface area contributed by atoms with Crippen LogP contribution < -0.4 is 72.0 Å². The quantitative estimate of drug-likeness (QED) is 0.0267. The number of aliphatic imine (C=N–C) groups is 3. The highest BCUT2D eigenvalue weighted by Gasteiger charge is 2.52. The fourth-order valence-corrected chi connectivity index (χ4v) is 13.7. The summed E-state index contributed by atoms with van der Waals surface area (Å²) in [6.07, 6.45) is 4.03. The van der Waals surface area contributed by atoms with Gasteiger partial charge in [-0.1, -0.05) is 67.4 Å². The van der Waals surface area contributed by atoms with Crippen molar-refractivity contribution < 1.29 is 53.1 Å². The van der Waals surface area contributed by atoms with Crippen molar-refractivity contribution in [1.29, 1.82) is 0 Å². The minimum absolute atomic E-state index is 0.00758. The fourth-order valence-electron chi connectivity index (χ4n) is 13.7. The molecule has 4 saturated heterocycles. The lowest BCUT2D eigenvalue weighted by Gasteiger charge is -2.43. The van der Waals surface area contributed by atoms with Gasteiger partial charge in [0, 0.05) is 71.1 Å². The second-order valence-electron chi connectivity index (χ2n) is 24.9. The number of nitrogens with zero attached hydrogens (tertiary/aromatic N) is 7. The minimum Gasteiger partial charge on any atom is -0.391 e. The van der Waals surface area contributed by atoms with Gasteiger partial charge in [-0.2, -0.15) is 0 Å². The molecule has 2 unspecified atom stereocenters. The molecule has 93 heavy (non-hydrogen) atoms. The van der Waals surface area contributed by atoms with Crippen LogP contribution in [-0.4, -0.2) is 214 Å². The fraction of sp³-hybridized carbons (Fsp3) is 0.597. The van der Waals surface area contributed by atoms with Crippen LogP contribution in [0.4, 0.5) is 0 Å². The van der Waals surface area contributed by atoms with Gasteiger partial charge in [0.25, 0.3) is 0 Å². The lowest BCUT2D eigenvalue weighted by Crippen LogP contribution is -2.63. The van der Waals surface area contributed by atoms with E-state index in [4.69, 9.17) is 40.1 Å². The molecular formula is C62H92N20O11. The second kappa shape index (κ2) is 32.9. The Labute approximate surface area is 540 Å². The molecule has 5 heterocycles. The largest absolute Gasteiger partial charge is 0.391 e. The molecule has 5 aliphatic heterocycles. The number of carbonyl (C=O) groups is 10. The molecule has 31 nitrogen and oxygen atoms in total. The zero-order valence-corrected chi connectivity index (χ0v) is 52.5. The van der Waals surface area contributed by atoms with Crippen LogP contribution in [0.1, 0.15) is 113 Å². The monoisotopic (exact) mass is 1290 g/mol. The van der Waals surface area contributed by atoms with Crippen molar-refractivity contribution in [3.63, 3.8) is 0 Å². The van der Waals surface area contributed by atoms with E-state index in [1.54, 1.807) is 35.2 Å². The molecule has 5 fully saturated rings. The number of amides is 10. The van der Waals surface area contributed by atoms with Crippen molar-refractivity contribution in [1.82, 2.24) is 51.5 Å². The molecule has 1 aliphatic carbocycles. The average Bonchev–Trinajstić information content (AvgIpc) is 1.71. The Bertz CT molecular complexity index is 3120. The van der Waals surface area contributed by atoms with Crippen molar-refractivity contribution in [2.45, 2.75) is 182 Å². The number of nitrogens with two attached hydrogens (primary N) is 7. The van der Waals surface area contributed by atoms with E-state index in [1.165, 1.54) is 14.7 Å². The van der Waals surface area contributed by atoms with Gasteiger partial charge in [-0.25, -0.2) is 0 Å². The van der Waals surface area contributed by atoms with E-state index in [-0.39, 0.29) is 133 Å². The van der Waals surface area contributed by atoms with Gasteiger partial charge >= 0.3 is 0 Å². The number of benzene rings is 2. The molecule has 1 saturated carbocycles. The van der Waals surface area contributed by atoms with E-state index in [9.17, 15) is 43.5 Å². The van der Waals surface area contributed by atoms with Gasteiger partial charge in [-0.05, 0) is 99.7 Å². The van der Waals surface area contributed by atoms with E-state index >= 15 is 9.59 Å². The molecule has 0 radical (unpaired) electrons. The number of carbonyl (C=O) groups excluding carboxylic acids is 10. The third-order valence-corrected chi connectivity index (χ3v) is 18.3. The van der Waals surface area contributed by atoms with Crippen LogP contribution in [0.5, 0.6) is 0 Å². The summed E-state index contributed by atoms with van der Waals surface area (Å²) >= 11 is 0. The Kier molecular flexibility index (Phi) is 24.7. The zero-order valence-electron chi connectivity index (χ0n) is 52.5. The number of likely N-dealkylation sites (tertiary alicyclic amines) is 2. The summed E-state index contributed by atoms with van der Waals surface area (Å²) in [5, 5.41) is 27.7. The minimum atomic E-state index is -1.39. The molecule has 0 bridgehead atoms. The highest BCUT2D eigenvalue weighted by Crippen LogP contribution is 2.41. The standard InChI is InChI=1S/C62H92N20O11/c63-40(17-8-23-71-60(64)65)51(85)77-42(19-10-25-73-62(68)69)56(90)79-27-11-21-46(79)58(92)81-34-39(83)31-47(81)54(88)74-32-50(84)75-44(28-35-12-2-1-3-13-35)53(87)78-43-22-26-70-52(86)41(18-9-24-72-61(66)67)76-55(89)48-30-37-15-6-7-20-45(37)82(48)59(93)49-29-36-14-4-5-16-38(36)33-80(49)57(43)91/h1-5,12-14,16,37,39-49,83H,6-11,15,17-34,63H2,(H,70,86)(H,74,88)(H,75,84)(H,76,89)(H,77,85)(H,78,87)(H4,64,65,71)(H4,66,67,72)(H4,68,69,73)/t37?,39-,40-,41+,42+,43+,44+,45?,46+,47+,48+,49-/m1/s1. The maximum atomic E-state index is 15.5. The molecule has 12 atom stereocenters. The summed E-state index contributed by atoms with van der Waals surface area (Å²) in [6.45, 7) is -0.489. The predicted octanol–water partition coefficient (Wildman–Crippen LogP) is -4.64. The Balaban J connectivity index is 0.985. The molecule has 6 aliphatic rings. The molecule has 31 heteroatoms. The average molecular weight is 1290 g/mol. The van der Waals surface area contributed by atoms with Crippen LogP contribution in [-0.2, 0) is 67.3 Å². The first-order chi connectivity index (χ1) is 44.6. The van der Waals surface area contributed by atoms with Crippen LogP contribution in [0.25, 0.3) is 0 Å². The molecular weight excluding hydrogens is 1200 g/mol. The van der Waals surface area contributed by atoms with Crippen LogP contribution in [0.15, 0.2) is 69.6 Å². The van der Waals surface area contributed by atoms with Gasteiger partial charge < -0.3 is 96.7 Å². The van der Waals surface area contributed by atoms with Gasteiger partial charge in [0.1, 0.15) is 48.3 Å². The highest BCUT2D eigenvalue weighted by atomic mass is 16.3. The lowest BCUT2D eigenvalue weighted by atomic mass is 9.84. The van der Waals surface area contributed by atoms with Crippen molar-refractivity contribution in [2.75, 3.05) is 45.8 Å². The number of fused-ring (bicyclic) bond motifs is 5. The van der Waals surface area contributed by atoms with Crippen LogP contribution >= 0.6 is 0 Å². The van der Waals surface area contributed by atoms with Crippen molar-refractivity contribution in [3.05, 3.63) is 71.3 Å². The first kappa shape index (κ1) is 69.8. The topological polar surface area (TPSA) is 495 Å². The summed E-state index contributed by atoms with van der Waals surface area (Å²) in [5.41, 5.74) is 41.5. The van der Waals surface area contributed by atoms with Crippen molar-refractivity contribution >= 4 is 77.0 Å². The zero-order chi connectivity index (χ0) is 66.9. The van der Waals surface area contributed by atoms with Crippen LogP contribution in [0.3, 0.4) is 0 Å². The Morgan fingerprint density at radius 1 is 0.677 bits per heavy atom. The van der Waals surface area contributed by atoms with E-state index in [0.717, 1.165) is 30.4 Å². The Morgan fingerprint density at radius 2 is 1.34 bits per heavy atom. The smallest absolute Gasteiger partial charge is 0.246 e. The van der Waals surface area contributed by atoms with Gasteiger partial charge in [0.15, 0.2) is 17.9 Å². The maximum Gasteiger partial charge on any atom is 0.246 e. The van der Waals surface area contributed by atoms with E-state index in [1.807, 2.05) is 24.3 Å². The molecule has 0 aromatic heterocycles. The maximum absolute atomic E-state index is 15.5. The number of rotatable bonds is 24. The van der Waals surface area contributed by atoms with Gasteiger partial charge in [0.05, 0.1) is 18.7 Å². The third kappa shape index (κ3) is 18.6. The summed E-state index contributed by atoms with van der Waals surface area (Å²) in [6, 6.07) is 5.49. The number of hydrogen-bond acceptors (Lipinski definition) is 15. The molecule has 506 valence electrons. The molecule has 2 aromatic carbocycles. The number of nitrogens with one attached hydrogen (secondary N) is 6. The van der Waals surface area contributed by atoms with Crippen LogP contribution in [0, 0.1) is 5.92 Å². The summed E-state index contributed by atoms with van der Waals surface area (Å²) in [5.74, 6) is -6.76. The highest BCUT2D eigenvalue weighted by molar-refractivity contribution is 5.99. The first-order valence-electron chi connectivity index (χ1n) is 32.3. The molecule has 10 amide bonds. The van der Waals surface area contributed by atoms with E-state index in [2.05, 4.69) is 46.9 Å². The second-order valence-corrected chi connectivity index (χ2v) is 24.9. The molecule has 2 aromatic rings. The first-order valence-corrected chi connectivity index (χ1v) is 32.3. The van der Waals surface area contributed by atoms with Crippen LogP contribution in [0.2, 0.25) is 0 Å². The summed E-state index contributed by atoms with van der Waals surface area (Å²) in [4.78, 5) is 163. The molecule has 21 N–H and O–H groups in total. The summed E-state index contributed by atoms with van der Waals surface area (Å²) < 4.78 is 0. The van der Waals surface area contributed by atoms with Crippen molar-refractivity contribution in [3.8, 4) is 0 Å². The Morgan fingerprint density at radius 3 is 2.05 bits per heavy atom. The normalized spacial score (nSPS) is 24.8. The predicted molar refractivity (Wildman–Crippen MR) is 343 cm³/mol. The SMILES string of the molecule is NC(N)=NCCC[C@@H](N)C(=O)N[C@@H](CCCN=C(N)N)C(=O)N1CCC[C@H]1C(=O)N1C[C@H](O)C[C@H]1C(=O)NCC(=O)N[C@@H](Cc1ccccc1)C(=O)N[C@H]1CCNC(=O)[C@H](CCCN=C(N)N)NC(=O)[C@@H]2CC3CCCCC3N2C(=O)[C@H]2Cc3ccccc3CN2C1=O. The van der Waals surface area contributed by atoms with Gasteiger partial charge in [-0.15, -0.1) is 0 Å². The van der Waals surface area contributed by atoms with Crippen molar-refractivity contribution in [2.24, 2.45) is 61.0 Å². The number of β-amino-alcohol motifs (C(OH)–C–C–N with tert-alkyl or cyclic N) is 1. The van der Waals surface area contributed by atoms with Gasteiger partial charge in [-0.3, -0.25) is 62.9 Å². The molecule has 0 spiro atoms. The lowest BCUT2D eigenvalue weighted by molar-refractivity contribution is -0.153. The third-order valence-electron chi connectivity index (χ3n) is 18.3. The molecule has 8 rings (SSSR count). The number of aliphatic hydroxyl groups excluding tert-OH is 1. The number of aliphatic hydroxyl groups is 1.